The highest BCUT2D eigenvalue weighted by atomic mass is 35.5. The Morgan fingerprint density at radius 2 is 1.76 bits per heavy atom. The summed E-state index contributed by atoms with van der Waals surface area (Å²) in [6, 6.07) is 6.89. The van der Waals surface area contributed by atoms with E-state index in [0.29, 0.717) is 16.9 Å². The molecule has 0 unspecified atom stereocenters. The van der Waals surface area contributed by atoms with Gasteiger partial charge >= 0.3 is 0 Å². The highest BCUT2D eigenvalue weighted by Crippen LogP contribution is 2.62. The van der Waals surface area contributed by atoms with Gasteiger partial charge in [0.05, 0.1) is 0 Å². The average molecular weight is 252 g/mol. The summed E-state index contributed by atoms with van der Waals surface area (Å²) >= 11 is 6.13. The van der Waals surface area contributed by atoms with Crippen molar-refractivity contribution in [1.82, 2.24) is 5.32 Å². The van der Waals surface area contributed by atoms with Crippen LogP contribution in [0, 0.1) is 17.8 Å². The summed E-state index contributed by atoms with van der Waals surface area (Å²) in [6.07, 6.45) is 0. The smallest absolute Gasteiger partial charge is 0.0438 e. The highest BCUT2D eigenvalue weighted by molar-refractivity contribution is 6.31. The molecule has 17 heavy (non-hydrogen) atoms. The van der Waals surface area contributed by atoms with E-state index in [2.05, 4.69) is 51.2 Å². The third kappa shape index (κ3) is 2.11. The standard InChI is InChI=1S/C15H22ClN/c1-10-6-7-11(8-12(10)16)9-17-13-14(2,3)15(13,4)5/h6-8,13,17H,9H2,1-5H3. The molecule has 0 radical (unpaired) electrons. The van der Waals surface area contributed by atoms with Gasteiger partial charge in [0.2, 0.25) is 0 Å². The van der Waals surface area contributed by atoms with Crippen molar-refractivity contribution in [3.63, 3.8) is 0 Å². The van der Waals surface area contributed by atoms with Crippen LogP contribution < -0.4 is 5.32 Å². The van der Waals surface area contributed by atoms with Crippen molar-refractivity contribution in [2.75, 3.05) is 0 Å². The Morgan fingerprint density at radius 1 is 1.18 bits per heavy atom. The van der Waals surface area contributed by atoms with E-state index < -0.39 is 0 Å². The first-order chi connectivity index (χ1) is 7.76. The normalized spacial score (nSPS) is 21.5. The Morgan fingerprint density at radius 3 is 2.24 bits per heavy atom. The summed E-state index contributed by atoms with van der Waals surface area (Å²) in [5.41, 5.74) is 3.18. The van der Waals surface area contributed by atoms with Crippen molar-refractivity contribution < 1.29 is 0 Å². The number of nitrogens with one attached hydrogen (secondary N) is 1. The van der Waals surface area contributed by atoms with Gasteiger partial charge in [0.25, 0.3) is 0 Å². The highest BCUT2D eigenvalue weighted by Gasteiger charge is 2.64. The van der Waals surface area contributed by atoms with Crippen molar-refractivity contribution in [3.8, 4) is 0 Å². The summed E-state index contributed by atoms with van der Waals surface area (Å²) in [5, 5.41) is 4.50. The first kappa shape index (κ1) is 12.9. The van der Waals surface area contributed by atoms with Crippen LogP contribution in [0.3, 0.4) is 0 Å². The number of benzene rings is 1. The lowest BCUT2D eigenvalue weighted by Crippen LogP contribution is -2.21. The van der Waals surface area contributed by atoms with E-state index in [1.54, 1.807) is 0 Å². The molecule has 0 saturated heterocycles. The third-order valence-corrected chi connectivity index (χ3v) is 5.17. The second-order valence-electron chi connectivity index (χ2n) is 6.34. The number of hydrogen-bond acceptors (Lipinski definition) is 1. The van der Waals surface area contributed by atoms with Crippen molar-refractivity contribution >= 4 is 11.6 Å². The molecule has 1 aliphatic rings. The van der Waals surface area contributed by atoms with Crippen molar-refractivity contribution in [2.45, 2.75) is 47.2 Å². The zero-order valence-corrected chi connectivity index (χ0v) is 12.2. The van der Waals surface area contributed by atoms with Gasteiger partial charge < -0.3 is 5.32 Å². The maximum Gasteiger partial charge on any atom is 0.0438 e. The molecule has 1 aromatic rings. The van der Waals surface area contributed by atoms with Crippen molar-refractivity contribution in [1.29, 1.82) is 0 Å². The molecule has 0 aromatic heterocycles. The predicted molar refractivity (Wildman–Crippen MR) is 74.4 cm³/mol. The quantitative estimate of drug-likeness (QED) is 0.850. The summed E-state index contributed by atoms with van der Waals surface area (Å²) in [7, 11) is 0. The fourth-order valence-corrected chi connectivity index (χ4v) is 2.88. The Balaban J connectivity index is 1.98. The van der Waals surface area contributed by atoms with Gasteiger partial charge in [0.1, 0.15) is 0 Å². The van der Waals surface area contributed by atoms with E-state index in [1.807, 2.05) is 6.92 Å². The molecule has 94 valence electrons. The number of hydrogen-bond donors (Lipinski definition) is 1. The van der Waals surface area contributed by atoms with Crippen LogP contribution in [-0.4, -0.2) is 6.04 Å². The third-order valence-electron chi connectivity index (χ3n) is 4.77. The maximum absolute atomic E-state index is 6.13. The predicted octanol–water partition coefficient (Wildman–Crippen LogP) is 4.17. The van der Waals surface area contributed by atoms with Gasteiger partial charge in [-0.15, -0.1) is 0 Å². The minimum atomic E-state index is 0.390. The number of halogens is 1. The second kappa shape index (κ2) is 4.00. The van der Waals surface area contributed by atoms with Crippen LogP contribution in [0.2, 0.25) is 5.02 Å². The maximum atomic E-state index is 6.13. The van der Waals surface area contributed by atoms with Crippen LogP contribution in [0.5, 0.6) is 0 Å². The van der Waals surface area contributed by atoms with Crippen LogP contribution in [0.15, 0.2) is 18.2 Å². The van der Waals surface area contributed by atoms with Crippen LogP contribution in [0.4, 0.5) is 0 Å². The minimum Gasteiger partial charge on any atom is -0.309 e. The molecule has 1 fully saturated rings. The van der Waals surface area contributed by atoms with Gasteiger partial charge in [-0.05, 0) is 34.9 Å². The van der Waals surface area contributed by atoms with E-state index in [-0.39, 0.29) is 0 Å². The molecular weight excluding hydrogens is 230 g/mol. The molecule has 0 amide bonds. The molecule has 0 aliphatic heterocycles. The lowest BCUT2D eigenvalue weighted by molar-refractivity contribution is 0.457. The minimum absolute atomic E-state index is 0.390. The lowest BCUT2D eigenvalue weighted by Gasteiger charge is -2.08. The molecule has 1 N–H and O–H groups in total. The van der Waals surface area contributed by atoms with Gasteiger partial charge in [0, 0.05) is 17.6 Å². The Labute approximate surface area is 110 Å². The fraction of sp³-hybridized carbons (Fsp3) is 0.600. The van der Waals surface area contributed by atoms with Gasteiger partial charge in [-0.3, -0.25) is 0 Å². The summed E-state index contributed by atoms with van der Waals surface area (Å²) in [4.78, 5) is 0. The molecule has 0 bridgehead atoms. The zero-order valence-electron chi connectivity index (χ0n) is 11.4. The molecule has 0 heterocycles. The van der Waals surface area contributed by atoms with Crippen LogP contribution in [-0.2, 0) is 6.54 Å². The summed E-state index contributed by atoms with van der Waals surface area (Å²) in [6.45, 7) is 12.2. The van der Waals surface area contributed by atoms with E-state index in [0.717, 1.165) is 17.1 Å². The van der Waals surface area contributed by atoms with E-state index in [1.165, 1.54) is 5.56 Å². The molecule has 0 atom stereocenters. The second-order valence-corrected chi connectivity index (χ2v) is 6.75. The summed E-state index contributed by atoms with van der Waals surface area (Å²) in [5.74, 6) is 0. The number of rotatable bonds is 3. The molecule has 1 nitrogen and oxygen atoms in total. The molecule has 1 saturated carbocycles. The topological polar surface area (TPSA) is 12.0 Å². The van der Waals surface area contributed by atoms with Gasteiger partial charge in [-0.1, -0.05) is 51.4 Å². The van der Waals surface area contributed by atoms with Crippen LogP contribution in [0.25, 0.3) is 0 Å². The Kier molecular flexibility index (Phi) is 3.04. The number of aryl methyl sites for hydroxylation is 1. The van der Waals surface area contributed by atoms with Gasteiger partial charge in [-0.25, -0.2) is 0 Å². The van der Waals surface area contributed by atoms with Crippen molar-refractivity contribution in [2.24, 2.45) is 10.8 Å². The largest absolute Gasteiger partial charge is 0.309 e. The van der Waals surface area contributed by atoms with E-state index in [4.69, 9.17) is 11.6 Å². The Bertz CT molecular complexity index is 421. The lowest BCUT2D eigenvalue weighted by atomic mass is 10.0. The molecule has 1 aromatic carbocycles. The van der Waals surface area contributed by atoms with Gasteiger partial charge in [-0.2, -0.15) is 0 Å². The molecule has 2 rings (SSSR count). The zero-order chi connectivity index (χ0) is 12.8. The molecule has 1 aliphatic carbocycles. The molecule has 0 spiro atoms. The monoisotopic (exact) mass is 251 g/mol. The van der Waals surface area contributed by atoms with Crippen molar-refractivity contribution in [3.05, 3.63) is 34.3 Å². The average Bonchev–Trinajstić information content (AvgIpc) is 2.61. The molecule has 2 heteroatoms. The van der Waals surface area contributed by atoms with Crippen LogP contribution in [0.1, 0.15) is 38.8 Å². The Hall–Kier alpha value is -0.530. The van der Waals surface area contributed by atoms with Crippen LogP contribution >= 0.6 is 11.6 Å². The first-order valence-corrected chi connectivity index (χ1v) is 6.63. The SMILES string of the molecule is Cc1ccc(CNC2C(C)(C)C2(C)C)cc1Cl. The summed E-state index contributed by atoms with van der Waals surface area (Å²) < 4.78 is 0. The molecular formula is C15H22ClN. The van der Waals surface area contributed by atoms with E-state index in [9.17, 15) is 0 Å². The fourth-order valence-electron chi connectivity index (χ4n) is 2.67. The van der Waals surface area contributed by atoms with Gasteiger partial charge in [0.15, 0.2) is 0 Å². The van der Waals surface area contributed by atoms with E-state index >= 15 is 0 Å². The first-order valence-electron chi connectivity index (χ1n) is 6.25.